The molecule has 0 saturated heterocycles. The minimum atomic E-state index is -0.269. The second-order valence-corrected chi connectivity index (χ2v) is 6.05. The van der Waals surface area contributed by atoms with Crippen LogP contribution in [0.2, 0.25) is 5.02 Å². The fraction of sp³-hybridized carbons (Fsp3) is 0.263. The van der Waals surface area contributed by atoms with Gasteiger partial charge in [0.1, 0.15) is 12.4 Å². The smallest absolute Gasteiger partial charge is 0.251 e. The number of ether oxygens (including phenoxy) is 1. The fourth-order valence-electron chi connectivity index (χ4n) is 2.08. The molecule has 0 aromatic heterocycles. The second-order valence-electron chi connectivity index (χ2n) is 5.64. The summed E-state index contributed by atoms with van der Waals surface area (Å²) in [7, 11) is 1.66. The highest BCUT2D eigenvalue weighted by Crippen LogP contribution is 2.22. The van der Waals surface area contributed by atoms with E-state index in [1.54, 1.807) is 31.3 Å². The molecule has 0 heterocycles. The average Bonchev–Trinajstić information content (AvgIpc) is 2.61. The summed E-state index contributed by atoms with van der Waals surface area (Å²) in [6.07, 6.45) is 0. The van der Waals surface area contributed by atoms with Gasteiger partial charge in [-0.1, -0.05) is 41.4 Å². The van der Waals surface area contributed by atoms with Gasteiger partial charge in [-0.15, -0.1) is 0 Å². The van der Waals surface area contributed by atoms with E-state index in [1.807, 2.05) is 31.2 Å². The maximum atomic E-state index is 12.1. The molecule has 132 valence electrons. The zero-order valence-corrected chi connectivity index (χ0v) is 15.0. The van der Waals surface area contributed by atoms with Crippen molar-refractivity contribution < 1.29 is 14.3 Å². The molecule has 2 aromatic rings. The molecule has 0 bridgehead atoms. The van der Waals surface area contributed by atoms with Gasteiger partial charge in [-0.3, -0.25) is 9.59 Å². The first-order valence-electron chi connectivity index (χ1n) is 7.93. The Morgan fingerprint density at radius 2 is 1.80 bits per heavy atom. The van der Waals surface area contributed by atoms with E-state index >= 15 is 0 Å². The van der Waals surface area contributed by atoms with Gasteiger partial charge < -0.3 is 15.0 Å². The number of amides is 2. The SMILES string of the molecule is Cc1ccc(C(=O)NCC(=O)N(C)CCOc2ccccc2Cl)cc1. The Hall–Kier alpha value is -2.53. The van der Waals surface area contributed by atoms with Crippen molar-refractivity contribution in [3.63, 3.8) is 0 Å². The van der Waals surface area contributed by atoms with Crippen LogP contribution in [0.15, 0.2) is 48.5 Å². The maximum Gasteiger partial charge on any atom is 0.251 e. The zero-order valence-electron chi connectivity index (χ0n) is 14.3. The molecular formula is C19H21ClN2O3. The van der Waals surface area contributed by atoms with Crippen LogP contribution in [0.5, 0.6) is 5.75 Å². The first-order chi connectivity index (χ1) is 12.0. The summed E-state index contributed by atoms with van der Waals surface area (Å²) in [5.74, 6) is 0.120. The molecule has 5 nitrogen and oxygen atoms in total. The molecule has 25 heavy (non-hydrogen) atoms. The van der Waals surface area contributed by atoms with Crippen molar-refractivity contribution in [1.29, 1.82) is 0 Å². The van der Waals surface area contributed by atoms with Gasteiger partial charge in [0, 0.05) is 12.6 Å². The van der Waals surface area contributed by atoms with Crippen molar-refractivity contribution in [2.45, 2.75) is 6.92 Å². The van der Waals surface area contributed by atoms with Crippen LogP contribution in [-0.2, 0) is 4.79 Å². The van der Waals surface area contributed by atoms with Gasteiger partial charge in [0.2, 0.25) is 5.91 Å². The van der Waals surface area contributed by atoms with Crippen molar-refractivity contribution >= 4 is 23.4 Å². The third-order valence-electron chi connectivity index (χ3n) is 3.66. The Bertz CT molecular complexity index is 732. The van der Waals surface area contributed by atoms with E-state index in [2.05, 4.69) is 5.32 Å². The molecule has 0 aliphatic heterocycles. The van der Waals surface area contributed by atoms with Gasteiger partial charge in [-0.2, -0.15) is 0 Å². The molecule has 2 aromatic carbocycles. The molecule has 0 aliphatic carbocycles. The molecule has 2 rings (SSSR count). The van der Waals surface area contributed by atoms with Gasteiger partial charge in [0.25, 0.3) is 5.91 Å². The lowest BCUT2D eigenvalue weighted by Gasteiger charge is -2.18. The summed E-state index contributed by atoms with van der Waals surface area (Å²) < 4.78 is 5.55. The molecule has 0 unspecified atom stereocenters. The Morgan fingerprint density at radius 1 is 1.12 bits per heavy atom. The minimum absolute atomic E-state index is 0.0602. The summed E-state index contributed by atoms with van der Waals surface area (Å²) in [5.41, 5.74) is 1.61. The monoisotopic (exact) mass is 360 g/mol. The number of aryl methyl sites for hydroxylation is 1. The summed E-state index contributed by atoms with van der Waals surface area (Å²) in [6.45, 7) is 2.60. The minimum Gasteiger partial charge on any atom is -0.490 e. The first-order valence-corrected chi connectivity index (χ1v) is 8.31. The number of nitrogens with one attached hydrogen (secondary N) is 1. The normalized spacial score (nSPS) is 10.2. The number of hydrogen-bond donors (Lipinski definition) is 1. The Kier molecular flexibility index (Phi) is 6.83. The Labute approximate surface area is 152 Å². The summed E-state index contributed by atoms with van der Waals surface area (Å²) >= 11 is 6.00. The van der Waals surface area contributed by atoms with Crippen LogP contribution in [0, 0.1) is 6.92 Å². The highest BCUT2D eigenvalue weighted by atomic mass is 35.5. The van der Waals surface area contributed by atoms with Crippen molar-refractivity contribution in [3.8, 4) is 5.75 Å². The maximum absolute atomic E-state index is 12.1. The van der Waals surface area contributed by atoms with Crippen molar-refractivity contribution in [3.05, 3.63) is 64.7 Å². The summed E-state index contributed by atoms with van der Waals surface area (Å²) in [6, 6.07) is 14.3. The summed E-state index contributed by atoms with van der Waals surface area (Å²) in [4.78, 5) is 25.6. The molecule has 1 N–H and O–H groups in total. The number of likely N-dealkylation sites (N-methyl/N-ethyl adjacent to an activating group) is 1. The largest absolute Gasteiger partial charge is 0.490 e. The zero-order chi connectivity index (χ0) is 18.2. The van der Waals surface area contributed by atoms with E-state index in [4.69, 9.17) is 16.3 Å². The van der Waals surface area contributed by atoms with E-state index in [1.165, 1.54) is 4.90 Å². The number of carbonyl (C=O) groups excluding carboxylic acids is 2. The third kappa shape index (κ3) is 5.80. The van der Waals surface area contributed by atoms with Crippen molar-refractivity contribution in [1.82, 2.24) is 10.2 Å². The standard InChI is InChI=1S/C19H21ClN2O3/c1-14-7-9-15(10-8-14)19(24)21-13-18(23)22(2)11-12-25-17-6-4-3-5-16(17)20/h3-10H,11-13H2,1-2H3,(H,21,24). The number of rotatable bonds is 7. The first kappa shape index (κ1) is 18.8. The van der Waals surface area contributed by atoms with E-state index in [0.717, 1.165) is 5.56 Å². The highest BCUT2D eigenvalue weighted by Gasteiger charge is 2.12. The van der Waals surface area contributed by atoms with E-state index in [9.17, 15) is 9.59 Å². The number of nitrogens with zero attached hydrogens (tertiary/aromatic N) is 1. The Morgan fingerprint density at radius 3 is 2.48 bits per heavy atom. The van der Waals surface area contributed by atoms with Gasteiger partial charge in [0.05, 0.1) is 18.1 Å². The van der Waals surface area contributed by atoms with Crippen LogP contribution in [-0.4, -0.2) is 43.5 Å². The van der Waals surface area contributed by atoms with Gasteiger partial charge in [-0.05, 0) is 31.2 Å². The lowest BCUT2D eigenvalue weighted by molar-refractivity contribution is -0.129. The number of benzene rings is 2. The number of halogens is 1. The molecule has 0 aliphatic rings. The van der Waals surface area contributed by atoms with Gasteiger partial charge >= 0.3 is 0 Å². The van der Waals surface area contributed by atoms with Crippen LogP contribution in [0.3, 0.4) is 0 Å². The lowest BCUT2D eigenvalue weighted by atomic mass is 10.1. The van der Waals surface area contributed by atoms with Crippen LogP contribution >= 0.6 is 11.6 Å². The molecule has 0 spiro atoms. The van der Waals surface area contributed by atoms with E-state index < -0.39 is 0 Å². The van der Waals surface area contributed by atoms with Crippen LogP contribution in [0.1, 0.15) is 15.9 Å². The number of carbonyl (C=O) groups is 2. The second kappa shape index (κ2) is 9.08. The predicted octanol–water partition coefficient (Wildman–Crippen LogP) is 2.92. The molecule has 0 fully saturated rings. The fourth-order valence-corrected chi connectivity index (χ4v) is 2.27. The molecule has 0 radical (unpaired) electrons. The quantitative estimate of drug-likeness (QED) is 0.826. The van der Waals surface area contributed by atoms with Gasteiger partial charge in [-0.25, -0.2) is 0 Å². The Balaban J connectivity index is 1.73. The van der Waals surface area contributed by atoms with Crippen LogP contribution in [0.4, 0.5) is 0 Å². The van der Waals surface area contributed by atoms with Gasteiger partial charge in [0.15, 0.2) is 0 Å². The molecule has 0 atom stereocenters. The average molecular weight is 361 g/mol. The summed E-state index contributed by atoms with van der Waals surface area (Å²) in [5, 5.41) is 3.15. The van der Waals surface area contributed by atoms with E-state index in [-0.39, 0.29) is 18.4 Å². The van der Waals surface area contributed by atoms with Crippen molar-refractivity contribution in [2.24, 2.45) is 0 Å². The topological polar surface area (TPSA) is 58.6 Å². The molecule has 2 amide bonds. The lowest BCUT2D eigenvalue weighted by Crippen LogP contribution is -2.39. The third-order valence-corrected chi connectivity index (χ3v) is 3.97. The van der Waals surface area contributed by atoms with E-state index in [0.29, 0.717) is 29.5 Å². The predicted molar refractivity (Wildman–Crippen MR) is 98.1 cm³/mol. The van der Waals surface area contributed by atoms with Crippen LogP contribution < -0.4 is 10.1 Å². The van der Waals surface area contributed by atoms with Crippen molar-refractivity contribution in [2.75, 3.05) is 26.7 Å². The van der Waals surface area contributed by atoms with Crippen LogP contribution in [0.25, 0.3) is 0 Å². The molecule has 6 heteroatoms. The molecule has 0 saturated carbocycles. The number of para-hydroxylation sites is 1. The highest BCUT2D eigenvalue weighted by molar-refractivity contribution is 6.32. The molecular weight excluding hydrogens is 340 g/mol. The number of hydrogen-bond acceptors (Lipinski definition) is 3.